The molecule has 2 atom stereocenters. The van der Waals surface area contributed by atoms with Gasteiger partial charge in [-0.3, -0.25) is 9.59 Å². The van der Waals surface area contributed by atoms with Gasteiger partial charge in [-0.2, -0.15) is 0 Å². The number of hydrogen-bond donors (Lipinski definition) is 3. The maximum atomic E-state index is 12.5. The molecular weight excluding hydrogens is 436 g/mol. The molecule has 0 bridgehead atoms. The lowest BCUT2D eigenvalue weighted by molar-refractivity contribution is -0.118. The van der Waals surface area contributed by atoms with E-state index in [0.29, 0.717) is 0 Å². The quantitative estimate of drug-likeness (QED) is 0.455. The molecule has 0 unspecified atom stereocenters. The largest absolute Gasteiger partial charge is 0.378 e. The molecule has 2 aromatic carbocycles. The van der Waals surface area contributed by atoms with Crippen LogP contribution in [0.5, 0.6) is 0 Å². The van der Waals surface area contributed by atoms with Crippen molar-refractivity contribution in [3.63, 3.8) is 0 Å². The van der Waals surface area contributed by atoms with Crippen LogP contribution in [0.25, 0.3) is 5.57 Å². The molecule has 0 fully saturated rings. The van der Waals surface area contributed by atoms with E-state index in [-0.39, 0.29) is 23.9 Å². The number of carbonyl (C=O) groups excluding carboxylic acids is 2. The molecule has 1 aliphatic heterocycles. The third kappa shape index (κ3) is 6.70. The van der Waals surface area contributed by atoms with Crippen LogP contribution in [0.3, 0.4) is 0 Å². The maximum absolute atomic E-state index is 12.5. The van der Waals surface area contributed by atoms with Gasteiger partial charge in [-0.05, 0) is 79.9 Å². The number of nitrogens with one attached hydrogen (secondary N) is 3. The van der Waals surface area contributed by atoms with Gasteiger partial charge in [0.05, 0.1) is 6.04 Å². The summed E-state index contributed by atoms with van der Waals surface area (Å²) in [5.41, 5.74) is 6.89. The van der Waals surface area contributed by atoms with Crippen LogP contribution in [0, 0.1) is 0 Å². The van der Waals surface area contributed by atoms with Crippen molar-refractivity contribution in [2.45, 2.75) is 52.7 Å². The summed E-state index contributed by atoms with van der Waals surface area (Å²) >= 11 is 0. The van der Waals surface area contributed by atoms with Crippen molar-refractivity contribution in [2.24, 2.45) is 0 Å². The number of allylic oxidation sites excluding steroid dienone is 5. The van der Waals surface area contributed by atoms with Crippen molar-refractivity contribution in [2.75, 3.05) is 17.3 Å². The van der Waals surface area contributed by atoms with Crippen molar-refractivity contribution in [3.05, 3.63) is 89.7 Å². The molecule has 35 heavy (non-hydrogen) atoms. The molecule has 0 radical (unpaired) electrons. The molecule has 0 aliphatic carbocycles. The molecule has 0 saturated carbocycles. The molecule has 6 heteroatoms. The Kier molecular flexibility index (Phi) is 8.66. The Labute approximate surface area is 208 Å². The monoisotopic (exact) mass is 472 g/mol. The second kappa shape index (κ2) is 11.7. The van der Waals surface area contributed by atoms with Gasteiger partial charge in [0.15, 0.2) is 0 Å². The van der Waals surface area contributed by atoms with Crippen LogP contribution in [0.4, 0.5) is 11.4 Å². The van der Waals surface area contributed by atoms with Crippen molar-refractivity contribution in [3.8, 4) is 0 Å². The molecule has 184 valence electrons. The number of amides is 2. The molecule has 1 heterocycles. The van der Waals surface area contributed by atoms with Crippen LogP contribution in [0.1, 0.15) is 56.8 Å². The lowest BCUT2D eigenvalue weighted by Gasteiger charge is -2.39. The Bertz CT molecular complexity index is 1150. The molecule has 3 N–H and O–H groups in total. The van der Waals surface area contributed by atoms with E-state index in [4.69, 9.17) is 0 Å². The van der Waals surface area contributed by atoms with Crippen LogP contribution >= 0.6 is 0 Å². The molecule has 0 saturated heterocycles. The fourth-order valence-corrected chi connectivity index (χ4v) is 4.53. The fourth-order valence-electron chi connectivity index (χ4n) is 4.53. The highest BCUT2D eigenvalue weighted by Gasteiger charge is 2.32. The Morgan fingerprint density at radius 3 is 2.46 bits per heavy atom. The number of fused-ring (bicyclic) bond motifs is 1. The van der Waals surface area contributed by atoms with Gasteiger partial charge in [0, 0.05) is 43.5 Å². The Balaban J connectivity index is 1.90. The molecule has 2 amide bonds. The minimum absolute atomic E-state index is 0.0404. The molecule has 1 aliphatic rings. The second-order valence-electron chi connectivity index (χ2n) is 9.09. The summed E-state index contributed by atoms with van der Waals surface area (Å²) in [6, 6.07) is 14.7. The molecule has 6 nitrogen and oxygen atoms in total. The van der Waals surface area contributed by atoms with Crippen molar-refractivity contribution in [1.82, 2.24) is 10.6 Å². The topological polar surface area (TPSA) is 73.5 Å². The third-order valence-electron chi connectivity index (χ3n) is 6.08. The standard InChI is InChI=1S/C29H36N4O2/c1-19(8-7-9-20(2)31-22(4)34)25-12-15-29-27(17-25)28(16-21(3)33(29)23(5)35)32-26-13-10-24(11-14-26)18-30-6/h7-15,17,21,28,30,32H,1,16,18H2,2-6H3,(H,31,34)/b8-7-,20-9+/t21-,28+/m0/s1. The van der Waals surface area contributed by atoms with Crippen LogP contribution in [-0.4, -0.2) is 24.9 Å². The number of hydrogen-bond acceptors (Lipinski definition) is 4. The normalized spacial score (nSPS) is 17.7. The zero-order chi connectivity index (χ0) is 25.5. The summed E-state index contributed by atoms with van der Waals surface area (Å²) < 4.78 is 0. The minimum Gasteiger partial charge on any atom is -0.378 e. The first-order valence-electron chi connectivity index (χ1n) is 11.9. The number of benzene rings is 2. The van der Waals surface area contributed by atoms with Crippen LogP contribution in [0.15, 0.2) is 73.0 Å². The Hall–Kier alpha value is -3.64. The summed E-state index contributed by atoms with van der Waals surface area (Å²) in [6.07, 6.45) is 6.44. The zero-order valence-electron chi connectivity index (χ0n) is 21.3. The minimum atomic E-state index is -0.0971. The first-order valence-corrected chi connectivity index (χ1v) is 11.9. The SMILES string of the molecule is C=C(/C=C\C=C(/C)NC(C)=O)c1ccc2c(c1)[C@H](Nc1ccc(CNC)cc1)C[C@H](C)N2C(C)=O. The van der Waals surface area contributed by atoms with Gasteiger partial charge < -0.3 is 20.9 Å². The summed E-state index contributed by atoms with van der Waals surface area (Å²) in [5, 5.41) is 9.60. The second-order valence-corrected chi connectivity index (χ2v) is 9.09. The van der Waals surface area contributed by atoms with E-state index >= 15 is 0 Å². The Morgan fingerprint density at radius 2 is 1.83 bits per heavy atom. The summed E-state index contributed by atoms with van der Waals surface area (Å²) in [7, 11) is 1.94. The first kappa shape index (κ1) is 26.0. The molecule has 0 aromatic heterocycles. The smallest absolute Gasteiger partial charge is 0.224 e. The van der Waals surface area contributed by atoms with E-state index in [1.54, 1.807) is 6.92 Å². The molecule has 3 rings (SSSR count). The Morgan fingerprint density at radius 1 is 1.11 bits per heavy atom. The van der Waals surface area contributed by atoms with Crippen molar-refractivity contribution in [1.29, 1.82) is 0 Å². The average molecular weight is 473 g/mol. The average Bonchev–Trinajstić information content (AvgIpc) is 2.79. The van der Waals surface area contributed by atoms with Crippen LogP contribution < -0.4 is 20.9 Å². The van der Waals surface area contributed by atoms with Gasteiger partial charge in [-0.1, -0.05) is 36.9 Å². The van der Waals surface area contributed by atoms with Gasteiger partial charge in [-0.25, -0.2) is 0 Å². The highest BCUT2D eigenvalue weighted by atomic mass is 16.2. The van der Waals surface area contributed by atoms with E-state index in [1.165, 1.54) is 12.5 Å². The number of nitrogens with zero attached hydrogens (tertiary/aromatic N) is 1. The summed E-state index contributed by atoms with van der Waals surface area (Å²) in [6.45, 7) is 12.1. The lowest BCUT2D eigenvalue weighted by atomic mass is 9.89. The van der Waals surface area contributed by atoms with E-state index in [0.717, 1.165) is 46.7 Å². The third-order valence-corrected chi connectivity index (χ3v) is 6.08. The molecule has 0 spiro atoms. The van der Waals surface area contributed by atoms with Gasteiger partial charge in [-0.15, -0.1) is 0 Å². The van der Waals surface area contributed by atoms with E-state index < -0.39 is 0 Å². The van der Waals surface area contributed by atoms with Gasteiger partial charge in [0.2, 0.25) is 11.8 Å². The van der Waals surface area contributed by atoms with Crippen molar-refractivity contribution >= 4 is 28.8 Å². The predicted molar refractivity (Wildman–Crippen MR) is 145 cm³/mol. The van der Waals surface area contributed by atoms with Crippen LogP contribution in [0.2, 0.25) is 0 Å². The zero-order valence-corrected chi connectivity index (χ0v) is 21.3. The van der Waals surface area contributed by atoms with Gasteiger partial charge in [0.25, 0.3) is 0 Å². The summed E-state index contributed by atoms with van der Waals surface area (Å²) in [4.78, 5) is 25.5. The molecular formula is C29H36N4O2. The van der Waals surface area contributed by atoms with Gasteiger partial charge in [0.1, 0.15) is 0 Å². The summed E-state index contributed by atoms with van der Waals surface area (Å²) in [5.74, 6) is -0.0567. The highest BCUT2D eigenvalue weighted by molar-refractivity contribution is 5.94. The van der Waals surface area contributed by atoms with Crippen LogP contribution in [-0.2, 0) is 16.1 Å². The lowest BCUT2D eigenvalue weighted by Crippen LogP contribution is -2.43. The number of carbonyl (C=O) groups is 2. The van der Waals surface area contributed by atoms with Crippen molar-refractivity contribution < 1.29 is 9.59 Å². The molecule has 2 aromatic rings. The number of anilines is 2. The van der Waals surface area contributed by atoms with E-state index in [2.05, 4.69) is 59.8 Å². The first-order chi connectivity index (χ1) is 16.7. The highest BCUT2D eigenvalue weighted by Crippen LogP contribution is 2.40. The fraction of sp³-hybridized carbons (Fsp3) is 0.310. The van der Waals surface area contributed by atoms with E-state index in [9.17, 15) is 9.59 Å². The van der Waals surface area contributed by atoms with E-state index in [1.807, 2.05) is 49.2 Å². The van der Waals surface area contributed by atoms with Gasteiger partial charge >= 0.3 is 0 Å². The maximum Gasteiger partial charge on any atom is 0.224 e. The number of rotatable bonds is 8. The predicted octanol–water partition coefficient (Wildman–Crippen LogP) is 5.31.